The van der Waals surface area contributed by atoms with Gasteiger partial charge in [0.05, 0.1) is 11.3 Å². The molecule has 7 rings (SSSR count). The molecule has 40 heavy (non-hydrogen) atoms. The summed E-state index contributed by atoms with van der Waals surface area (Å²) in [5.41, 5.74) is 7.62. The number of fused-ring (bicyclic) bond motifs is 6. The Morgan fingerprint density at radius 2 is 1.85 bits per heavy atom. The molecule has 1 fully saturated rings. The van der Waals surface area contributed by atoms with Crippen molar-refractivity contribution >= 4 is 45.4 Å². The van der Waals surface area contributed by atoms with Gasteiger partial charge in [-0.05, 0) is 56.6 Å². The smallest absolute Gasteiger partial charge is 0.237 e. The van der Waals surface area contributed by atoms with Crippen molar-refractivity contribution in [1.29, 1.82) is 0 Å². The Morgan fingerprint density at radius 1 is 1.02 bits per heavy atom. The fraction of sp³-hybridized carbons (Fsp3) is 0.312. The second kappa shape index (κ2) is 10.3. The van der Waals surface area contributed by atoms with Gasteiger partial charge in [0.15, 0.2) is 5.65 Å². The van der Waals surface area contributed by atoms with Crippen LogP contribution < -0.4 is 4.90 Å². The lowest BCUT2D eigenvalue weighted by atomic mass is 9.89. The summed E-state index contributed by atoms with van der Waals surface area (Å²) in [4.78, 5) is 23.1. The zero-order valence-corrected chi connectivity index (χ0v) is 23.6. The molecule has 4 heterocycles. The van der Waals surface area contributed by atoms with E-state index in [2.05, 4.69) is 93.1 Å². The lowest BCUT2D eigenvalue weighted by molar-refractivity contribution is -0.116. The maximum Gasteiger partial charge on any atom is 0.237 e. The molecule has 0 spiro atoms. The molecule has 0 unspecified atom stereocenters. The highest BCUT2D eigenvalue weighted by Gasteiger charge is 2.43. The Kier molecular flexibility index (Phi) is 6.52. The molecule has 1 amide bonds. The maximum absolute atomic E-state index is 13.7. The lowest BCUT2D eigenvalue weighted by Gasteiger charge is -2.36. The molecule has 8 heteroatoms. The Balaban J connectivity index is 1.16. The summed E-state index contributed by atoms with van der Waals surface area (Å²) >= 11 is 1.38. The van der Waals surface area contributed by atoms with Crippen LogP contribution in [-0.4, -0.2) is 62.5 Å². The monoisotopic (exact) mass is 548 g/mol. The first kappa shape index (κ1) is 25.2. The van der Waals surface area contributed by atoms with Crippen LogP contribution in [0.5, 0.6) is 0 Å². The van der Waals surface area contributed by atoms with Crippen LogP contribution in [0.4, 0.5) is 5.69 Å². The highest BCUT2D eigenvalue weighted by atomic mass is 32.2. The van der Waals surface area contributed by atoms with Gasteiger partial charge in [-0.2, -0.15) is 0 Å². The van der Waals surface area contributed by atoms with E-state index in [4.69, 9.17) is 4.98 Å². The molecule has 3 aromatic carbocycles. The van der Waals surface area contributed by atoms with Crippen LogP contribution in [0.3, 0.4) is 0 Å². The van der Waals surface area contributed by atoms with Crippen LogP contribution in [0.2, 0.25) is 0 Å². The van der Waals surface area contributed by atoms with Crippen molar-refractivity contribution in [1.82, 2.24) is 24.6 Å². The predicted molar refractivity (Wildman–Crippen MR) is 161 cm³/mol. The van der Waals surface area contributed by atoms with E-state index in [0.29, 0.717) is 11.1 Å². The summed E-state index contributed by atoms with van der Waals surface area (Å²) in [5.74, 6) is 0.752. The molecule has 1 saturated heterocycles. The first-order valence-electron chi connectivity index (χ1n) is 14.0. The molecule has 202 valence electrons. The molecule has 0 aliphatic carbocycles. The molecule has 0 saturated carbocycles. The van der Waals surface area contributed by atoms with Gasteiger partial charge in [-0.1, -0.05) is 78.0 Å². The Morgan fingerprint density at radius 3 is 2.73 bits per heavy atom. The van der Waals surface area contributed by atoms with Crippen molar-refractivity contribution in [3.8, 4) is 0 Å². The molecule has 5 aromatic rings. The first-order valence-corrected chi connectivity index (χ1v) is 14.9. The molecule has 2 aliphatic heterocycles. The molecular formula is C32H32N6OS. The maximum atomic E-state index is 13.7. The molecule has 2 aliphatic rings. The van der Waals surface area contributed by atoms with E-state index in [9.17, 15) is 4.79 Å². The third-order valence-electron chi connectivity index (χ3n) is 8.37. The van der Waals surface area contributed by atoms with Gasteiger partial charge in [0.1, 0.15) is 5.52 Å². The van der Waals surface area contributed by atoms with Gasteiger partial charge >= 0.3 is 0 Å². The van der Waals surface area contributed by atoms with Crippen molar-refractivity contribution in [2.45, 2.75) is 43.4 Å². The molecule has 0 bridgehead atoms. The summed E-state index contributed by atoms with van der Waals surface area (Å²) in [5, 5.41) is 10.6. The van der Waals surface area contributed by atoms with Crippen molar-refractivity contribution in [2.75, 3.05) is 30.8 Å². The summed E-state index contributed by atoms with van der Waals surface area (Å²) in [6, 6.07) is 25.5. The number of benzene rings is 3. The topological polar surface area (TPSA) is 67.2 Å². The van der Waals surface area contributed by atoms with Crippen LogP contribution in [0.25, 0.3) is 22.1 Å². The number of nitrogens with zero attached hydrogens (tertiary/aromatic N) is 6. The van der Waals surface area contributed by atoms with Gasteiger partial charge in [-0.3, -0.25) is 4.79 Å². The number of carbonyl (C=O) groups is 1. The number of likely N-dealkylation sites (N-methyl/N-ethyl adjacent to an activating group) is 1. The van der Waals surface area contributed by atoms with E-state index in [1.165, 1.54) is 28.5 Å². The quantitative estimate of drug-likeness (QED) is 0.263. The standard InChI is InChI=1S/C32H32N6OS/c1-21-12-13-27-24(18-21)25-19-36(2)16-15-28(25)38(27)29(39)20-40-32-33-31-30(34-35-32)23-10-6-7-11-26(23)37(31)17-14-22-8-4-3-5-9-22/h3-13,18,25,28H,14-17,19-20H2,1-2H3/t25-,28-/m0/s1. The summed E-state index contributed by atoms with van der Waals surface area (Å²) in [6.07, 6.45) is 1.88. The number of piperidine rings is 1. The lowest BCUT2D eigenvalue weighted by Crippen LogP contribution is -2.47. The third kappa shape index (κ3) is 4.45. The molecular weight excluding hydrogens is 516 g/mol. The van der Waals surface area contributed by atoms with Crippen LogP contribution in [0.1, 0.15) is 29.0 Å². The average molecular weight is 549 g/mol. The van der Waals surface area contributed by atoms with Crippen molar-refractivity contribution in [3.63, 3.8) is 0 Å². The van der Waals surface area contributed by atoms with E-state index < -0.39 is 0 Å². The van der Waals surface area contributed by atoms with Crippen molar-refractivity contribution in [3.05, 3.63) is 89.5 Å². The number of aromatic nitrogens is 4. The van der Waals surface area contributed by atoms with E-state index >= 15 is 0 Å². The van der Waals surface area contributed by atoms with E-state index in [1.807, 2.05) is 18.2 Å². The van der Waals surface area contributed by atoms with Crippen molar-refractivity contribution < 1.29 is 4.79 Å². The zero-order valence-electron chi connectivity index (χ0n) is 22.8. The average Bonchev–Trinajstić information content (AvgIpc) is 3.47. The summed E-state index contributed by atoms with van der Waals surface area (Å²) in [7, 11) is 2.17. The van der Waals surface area contributed by atoms with Gasteiger partial charge in [-0.25, -0.2) is 4.98 Å². The molecule has 2 aromatic heterocycles. The zero-order chi connectivity index (χ0) is 27.2. The van der Waals surface area contributed by atoms with Gasteiger partial charge in [-0.15, -0.1) is 10.2 Å². The minimum absolute atomic E-state index is 0.112. The highest BCUT2D eigenvalue weighted by Crippen LogP contribution is 2.45. The van der Waals surface area contributed by atoms with Crippen LogP contribution in [0.15, 0.2) is 78.0 Å². The Hall–Kier alpha value is -3.75. The molecule has 2 atom stereocenters. The largest absolute Gasteiger partial charge is 0.323 e. The van der Waals surface area contributed by atoms with Gasteiger partial charge in [0, 0.05) is 36.1 Å². The fourth-order valence-corrected chi connectivity index (χ4v) is 7.10. The molecule has 0 radical (unpaired) electrons. The first-order chi connectivity index (χ1) is 19.6. The van der Waals surface area contributed by atoms with Gasteiger partial charge in [0.25, 0.3) is 0 Å². The number of hydrogen-bond acceptors (Lipinski definition) is 6. The van der Waals surface area contributed by atoms with E-state index in [0.717, 1.165) is 60.2 Å². The van der Waals surface area contributed by atoms with Gasteiger partial charge < -0.3 is 14.4 Å². The number of anilines is 1. The van der Waals surface area contributed by atoms with E-state index in [1.54, 1.807) is 0 Å². The predicted octanol–water partition coefficient (Wildman–Crippen LogP) is 5.46. The number of aryl methyl sites for hydroxylation is 3. The Labute approximate surface area is 238 Å². The minimum atomic E-state index is 0.112. The number of thioether (sulfide) groups is 1. The number of para-hydroxylation sites is 1. The van der Waals surface area contributed by atoms with Crippen molar-refractivity contribution in [2.24, 2.45) is 0 Å². The second-order valence-corrected chi connectivity index (χ2v) is 12.0. The SMILES string of the molecule is Cc1ccc2c(c1)[C@@H]1CN(C)CC[C@@H]1N2C(=O)CSc1nnc2c3ccccc3n(CCc3ccccc3)c2n1. The minimum Gasteiger partial charge on any atom is -0.323 e. The number of hydrogen-bond donors (Lipinski definition) is 0. The van der Waals surface area contributed by atoms with Crippen LogP contribution in [-0.2, 0) is 17.8 Å². The number of rotatable bonds is 6. The number of likely N-dealkylation sites (tertiary alicyclic amines) is 1. The summed E-state index contributed by atoms with van der Waals surface area (Å²) < 4.78 is 2.24. The molecule has 0 N–H and O–H groups in total. The fourth-order valence-electron chi connectivity index (χ4n) is 6.46. The van der Waals surface area contributed by atoms with Crippen LogP contribution in [0, 0.1) is 6.92 Å². The third-order valence-corrected chi connectivity index (χ3v) is 9.19. The van der Waals surface area contributed by atoms with Crippen LogP contribution >= 0.6 is 11.8 Å². The Bertz CT molecular complexity index is 1720. The molecule has 7 nitrogen and oxygen atoms in total. The van der Waals surface area contributed by atoms with Gasteiger partial charge in [0.2, 0.25) is 11.1 Å². The second-order valence-electron chi connectivity index (χ2n) is 11.0. The number of carbonyl (C=O) groups excluding carboxylic acids is 1. The number of amides is 1. The van der Waals surface area contributed by atoms with E-state index in [-0.39, 0.29) is 17.7 Å². The normalized spacial score (nSPS) is 18.8. The summed E-state index contributed by atoms with van der Waals surface area (Å²) in [6.45, 7) is 4.90. The highest BCUT2D eigenvalue weighted by molar-refractivity contribution is 7.99.